The quantitative estimate of drug-likeness (QED) is 0.731. The van der Waals surface area contributed by atoms with Gasteiger partial charge in [-0.05, 0) is 42.5 Å². The molecule has 0 saturated carbocycles. The van der Waals surface area contributed by atoms with Crippen molar-refractivity contribution in [3.8, 4) is 5.75 Å². The zero-order valence-corrected chi connectivity index (χ0v) is 14.1. The Morgan fingerprint density at radius 3 is 2.68 bits per heavy atom. The molecule has 5 heteroatoms. The van der Waals surface area contributed by atoms with Crippen LogP contribution in [0.2, 0.25) is 5.02 Å². The number of rotatable bonds is 4. The largest absolute Gasteiger partial charge is 0.488 e. The molecular formula is C17H14BrClO3. The van der Waals surface area contributed by atoms with E-state index in [0.717, 1.165) is 23.2 Å². The summed E-state index contributed by atoms with van der Waals surface area (Å²) in [5.41, 5.74) is 1.06. The number of ketones is 1. The average Bonchev–Trinajstić information content (AvgIpc) is 3.03. The summed E-state index contributed by atoms with van der Waals surface area (Å²) < 4.78 is 11.9. The van der Waals surface area contributed by atoms with Crippen LogP contribution in [0.25, 0.3) is 0 Å². The van der Waals surface area contributed by atoms with Gasteiger partial charge in [0.05, 0.1) is 18.2 Å². The van der Waals surface area contributed by atoms with Crippen LogP contribution in [-0.4, -0.2) is 25.1 Å². The van der Waals surface area contributed by atoms with Crippen molar-refractivity contribution in [3.05, 3.63) is 63.1 Å². The number of benzene rings is 2. The Bertz CT molecular complexity index is 679. The van der Waals surface area contributed by atoms with Gasteiger partial charge >= 0.3 is 0 Å². The molecule has 0 spiro atoms. The second-order valence-corrected chi connectivity index (χ2v) is 6.40. The molecule has 0 aromatic heterocycles. The predicted molar refractivity (Wildman–Crippen MR) is 88.9 cm³/mol. The fraction of sp³-hybridized carbons (Fsp3) is 0.235. The normalized spacial score (nSPS) is 17.5. The van der Waals surface area contributed by atoms with E-state index >= 15 is 0 Å². The van der Waals surface area contributed by atoms with E-state index in [1.165, 1.54) is 0 Å². The Labute approximate surface area is 142 Å². The van der Waals surface area contributed by atoms with Gasteiger partial charge in [-0.3, -0.25) is 4.79 Å². The van der Waals surface area contributed by atoms with Gasteiger partial charge in [-0.15, -0.1) is 0 Å². The Hall–Kier alpha value is -1.36. The number of carbonyl (C=O) groups excluding carboxylic acids is 1. The zero-order chi connectivity index (χ0) is 15.5. The van der Waals surface area contributed by atoms with E-state index in [-0.39, 0.29) is 11.9 Å². The molecule has 0 radical (unpaired) electrons. The Morgan fingerprint density at radius 1 is 1.23 bits per heavy atom. The van der Waals surface area contributed by atoms with Crippen LogP contribution >= 0.6 is 27.5 Å². The van der Waals surface area contributed by atoms with Crippen LogP contribution in [-0.2, 0) is 4.74 Å². The van der Waals surface area contributed by atoms with Gasteiger partial charge in [0.1, 0.15) is 11.9 Å². The van der Waals surface area contributed by atoms with Gasteiger partial charge in [0.25, 0.3) is 0 Å². The van der Waals surface area contributed by atoms with Crippen LogP contribution in [0.15, 0.2) is 46.9 Å². The first-order chi connectivity index (χ1) is 10.6. The maximum Gasteiger partial charge on any atom is 0.194 e. The highest BCUT2D eigenvalue weighted by atomic mass is 79.9. The lowest BCUT2D eigenvalue weighted by Crippen LogP contribution is -2.15. The molecule has 1 atom stereocenters. The van der Waals surface area contributed by atoms with Crippen LogP contribution in [0.1, 0.15) is 22.3 Å². The van der Waals surface area contributed by atoms with E-state index in [2.05, 4.69) is 15.9 Å². The van der Waals surface area contributed by atoms with Crippen LogP contribution in [0.5, 0.6) is 5.75 Å². The van der Waals surface area contributed by atoms with Crippen molar-refractivity contribution >= 4 is 33.3 Å². The highest BCUT2D eigenvalue weighted by Gasteiger charge is 2.18. The highest BCUT2D eigenvalue weighted by molar-refractivity contribution is 9.10. The number of hydrogen-bond donors (Lipinski definition) is 0. The molecule has 1 fully saturated rings. The molecule has 3 rings (SSSR count). The summed E-state index contributed by atoms with van der Waals surface area (Å²) in [4.78, 5) is 12.5. The lowest BCUT2D eigenvalue weighted by Gasteiger charge is -2.12. The van der Waals surface area contributed by atoms with E-state index in [9.17, 15) is 4.79 Å². The molecule has 0 bridgehead atoms. The van der Waals surface area contributed by atoms with Gasteiger partial charge in [-0.1, -0.05) is 27.5 Å². The van der Waals surface area contributed by atoms with Crippen molar-refractivity contribution in [2.24, 2.45) is 0 Å². The summed E-state index contributed by atoms with van der Waals surface area (Å²) in [5, 5.41) is 0.441. The molecule has 3 nitrogen and oxygen atoms in total. The van der Waals surface area contributed by atoms with Gasteiger partial charge in [0.15, 0.2) is 5.78 Å². The second-order valence-electron chi connectivity index (χ2n) is 5.08. The number of carbonyl (C=O) groups is 1. The summed E-state index contributed by atoms with van der Waals surface area (Å²) in [6.07, 6.45) is 0.995. The Balaban J connectivity index is 1.77. The smallest absolute Gasteiger partial charge is 0.194 e. The summed E-state index contributed by atoms with van der Waals surface area (Å²) in [6, 6.07) is 12.4. The number of halogens is 2. The maximum atomic E-state index is 12.5. The molecule has 0 unspecified atom stereocenters. The van der Waals surface area contributed by atoms with Gasteiger partial charge < -0.3 is 9.47 Å². The summed E-state index contributed by atoms with van der Waals surface area (Å²) in [6.45, 7) is 1.36. The number of hydrogen-bond acceptors (Lipinski definition) is 3. The molecular weight excluding hydrogens is 368 g/mol. The Morgan fingerprint density at radius 2 is 2.00 bits per heavy atom. The second kappa shape index (κ2) is 6.82. The van der Waals surface area contributed by atoms with Crippen LogP contribution in [0, 0.1) is 0 Å². The summed E-state index contributed by atoms with van der Waals surface area (Å²) in [5.74, 6) is 0.634. The first kappa shape index (κ1) is 15.5. The van der Waals surface area contributed by atoms with E-state index < -0.39 is 0 Å². The van der Waals surface area contributed by atoms with E-state index in [1.54, 1.807) is 42.5 Å². The minimum atomic E-state index is -0.109. The molecule has 1 heterocycles. The first-order valence-electron chi connectivity index (χ1n) is 6.98. The topological polar surface area (TPSA) is 35.5 Å². The van der Waals surface area contributed by atoms with Gasteiger partial charge in [0, 0.05) is 22.0 Å². The predicted octanol–water partition coefficient (Wildman–Crippen LogP) is 4.50. The summed E-state index contributed by atoms with van der Waals surface area (Å²) >= 11 is 9.46. The zero-order valence-electron chi connectivity index (χ0n) is 11.7. The summed E-state index contributed by atoms with van der Waals surface area (Å²) in [7, 11) is 0. The standard InChI is InChI=1S/C17H14BrClO3/c18-12-3-6-16(19)15(9-12)17(20)11-1-4-13(5-2-11)22-14-7-8-21-10-14/h1-6,9,14H,7-8,10H2/t14-/m0/s1. The SMILES string of the molecule is O=C(c1ccc(O[C@H]2CCOC2)cc1)c1cc(Br)ccc1Cl. The Kier molecular flexibility index (Phi) is 4.81. The van der Waals surface area contributed by atoms with Gasteiger partial charge in [0.2, 0.25) is 0 Å². The molecule has 114 valence electrons. The van der Waals surface area contributed by atoms with Crippen molar-refractivity contribution in [2.75, 3.05) is 13.2 Å². The fourth-order valence-corrected chi connectivity index (χ4v) is 2.87. The van der Waals surface area contributed by atoms with Crippen molar-refractivity contribution in [2.45, 2.75) is 12.5 Å². The first-order valence-corrected chi connectivity index (χ1v) is 8.15. The van der Waals surface area contributed by atoms with Gasteiger partial charge in [-0.2, -0.15) is 0 Å². The molecule has 22 heavy (non-hydrogen) atoms. The van der Waals surface area contributed by atoms with E-state index in [4.69, 9.17) is 21.1 Å². The van der Waals surface area contributed by atoms with Crippen LogP contribution in [0.4, 0.5) is 0 Å². The third kappa shape index (κ3) is 3.51. The van der Waals surface area contributed by atoms with Crippen molar-refractivity contribution in [3.63, 3.8) is 0 Å². The molecule has 2 aromatic rings. The monoisotopic (exact) mass is 380 g/mol. The lowest BCUT2D eigenvalue weighted by molar-refractivity contribution is 0.103. The lowest BCUT2D eigenvalue weighted by atomic mass is 10.0. The third-order valence-electron chi connectivity index (χ3n) is 3.48. The average molecular weight is 382 g/mol. The van der Waals surface area contributed by atoms with Gasteiger partial charge in [-0.25, -0.2) is 0 Å². The van der Waals surface area contributed by atoms with E-state index in [0.29, 0.717) is 22.8 Å². The molecule has 1 aliphatic rings. The van der Waals surface area contributed by atoms with Crippen molar-refractivity contribution in [1.82, 2.24) is 0 Å². The van der Waals surface area contributed by atoms with E-state index in [1.807, 2.05) is 0 Å². The maximum absolute atomic E-state index is 12.5. The number of ether oxygens (including phenoxy) is 2. The minimum absolute atomic E-state index is 0.0982. The molecule has 0 N–H and O–H groups in total. The third-order valence-corrected chi connectivity index (χ3v) is 4.30. The van der Waals surface area contributed by atoms with Crippen LogP contribution < -0.4 is 4.74 Å². The van der Waals surface area contributed by atoms with Crippen molar-refractivity contribution < 1.29 is 14.3 Å². The fourth-order valence-electron chi connectivity index (χ4n) is 2.31. The highest BCUT2D eigenvalue weighted by Crippen LogP contribution is 2.25. The van der Waals surface area contributed by atoms with Crippen LogP contribution in [0.3, 0.4) is 0 Å². The van der Waals surface area contributed by atoms with Crippen molar-refractivity contribution in [1.29, 1.82) is 0 Å². The minimum Gasteiger partial charge on any atom is -0.488 e. The molecule has 0 aliphatic carbocycles. The molecule has 2 aromatic carbocycles. The molecule has 1 aliphatic heterocycles. The molecule has 0 amide bonds. The molecule has 1 saturated heterocycles.